The molecular weight excluding hydrogens is 239 g/mol. The zero-order chi connectivity index (χ0) is 13.7. The summed E-state index contributed by atoms with van der Waals surface area (Å²) in [6, 6.07) is 8.43. The topological polar surface area (TPSA) is 24.1 Å². The summed E-state index contributed by atoms with van der Waals surface area (Å²) < 4.78 is 12.8. The van der Waals surface area contributed by atoms with Gasteiger partial charge in [-0.1, -0.05) is 12.1 Å². The summed E-state index contributed by atoms with van der Waals surface area (Å²) in [7, 11) is 0. The van der Waals surface area contributed by atoms with Gasteiger partial charge in [0.2, 0.25) is 0 Å². The predicted octanol–water partition coefficient (Wildman–Crippen LogP) is 2.88. The smallest absolute Gasteiger partial charge is 0.123 e. The van der Waals surface area contributed by atoms with Crippen LogP contribution in [-0.2, 0) is 6.42 Å². The van der Waals surface area contributed by atoms with Gasteiger partial charge in [-0.05, 0) is 63.8 Å². The fourth-order valence-electron chi connectivity index (χ4n) is 2.97. The van der Waals surface area contributed by atoms with Crippen molar-refractivity contribution < 1.29 is 4.39 Å². The number of hydrogen-bond acceptors (Lipinski definition) is 2. The van der Waals surface area contributed by atoms with E-state index in [0.717, 1.165) is 6.42 Å². The maximum atomic E-state index is 12.8. The monoisotopic (exact) mass is 264 g/mol. The quantitative estimate of drug-likeness (QED) is 0.825. The minimum absolute atomic E-state index is 0.162. The molecule has 0 aliphatic carbocycles. The molecule has 3 atom stereocenters. The first-order valence-electron chi connectivity index (χ1n) is 7.37. The molecule has 0 spiro atoms. The van der Waals surface area contributed by atoms with E-state index in [2.05, 4.69) is 24.5 Å². The molecule has 0 bridgehead atoms. The van der Waals surface area contributed by atoms with E-state index in [1.54, 1.807) is 0 Å². The first-order valence-corrected chi connectivity index (χ1v) is 7.37. The van der Waals surface area contributed by atoms with Gasteiger partial charge in [-0.3, -0.25) is 0 Å². The van der Waals surface area contributed by atoms with Crippen LogP contribution >= 0.6 is 0 Å². The highest BCUT2D eigenvalue weighted by Crippen LogP contribution is 2.12. The van der Waals surface area contributed by atoms with Gasteiger partial charge in [-0.25, -0.2) is 4.39 Å². The van der Waals surface area contributed by atoms with Gasteiger partial charge in [-0.15, -0.1) is 0 Å². The molecule has 1 aromatic rings. The molecule has 2 nitrogen and oxygen atoms in total. The maximum absolute atomic E-state index is 12.8. The fourth-order valence-corrected chi connectivity index (χ4v) is 2.97. The highest BCUT2D eigenvalue weighted by molar-refractivity contribution is 5.17. The standard InChI is InChI=1S/C16H25FN2/c1-12(10-14-5-7-15(17)8-6-14)19-13(2)11-16-4-3-9-18-16/h5-8,12-13,16,18-19H,3-4,9-11H2,1-2H3. The van der Waals surface area contributed by atoms with E-state index in [1.165, 1.54) is 43.5 Å². The lowest BCUT2D eigenvalue weighted by Crippen LogP contribution is -2.39. The van der Waals surface area contributed by atoms with Crippen LogP contribution in [0.25, 0.3) is 0 Å². The fraction of sp³-hybridized carbons (Fsp3) is 0.625. The molecule has 1 aliphatic heterocycles. The molecule has 3 unspecified atom stereocenters. The summed E-state index contributed by atoms with van der Waals surface area (Å²) in [6.45, 7) is 5.62. The van der Waals surface area contributed by atoms with Crippen LogP contribution < -0.4 is 10.6 Å². The van der Waals surface area contributed by atoms with Crippen molar-refractivity contribution >= 4 is 0 Å². The molecule has 2 N–H and O–H groups in total. The predicted molar refractivity (Wildman–Crippen MR) is 77.8 cm³/mol. The third-order valence-corrected chi connectivity index (χ3v) is 3.82. The van der Waals surface area contributed by atoms with Crippen LogP contribution in [0.2, 0.25) is 0 Å². The van der Waals surface area contributed by atoms with Crippen molar-refractivity contribution in [2.45, 2.75) is 57.7 Å². The van der Waals surface area contributed by atoms with Gasteiger partial charge >= 0.3 is 0 Å². The molecule has 2 rings (SSSR count). The Hall–Kier alpha value is -0.930. The Labute approximate surface area is 115 Å². The minimum atomic E-state index is -0.162. The van der Waals surface area contributed by atoms with Crippen molar-refractivity contribution in [2.24, 2.45) is 0 Å². The number of benzene rings is 1. The first-order chi connectivity index (χ1) is 9.13. The summed E-state index contributed by atoms with van der Waals surface area (Å²) in [5.74, 6) is -0.162. The van der Waals surface area contributed by atoms with Crippen LogP contribution in [0.4, 0.5) is 4.39 Å². The highest BCUT2D eigenvalue weighted by Gasteiger charge is 2.17. The van der Waals surface area contributed by atoms with E-state index in [4.69, 9.17) is 0 Å². The van der Waals surface area contributed by atoms with Gasteiger partial charge < -0.3 is 10.6 Å². The second-order valence-electron chi connectivity index (χ2n) is 5.83. The third kappa shape index (κ3) is 4.92. The Bertz CT molecular complexity index is 371. The van der Waals surface area contributed by atoms with E-state index >= 15 is 0 Å². The Balaban J connectivity index is 1.73. The summed E-state index contributed by atoms with van der Waals surface area (Å²) in [6.07, 6.45) is 4.75. The molecule has 0 saturated carbocycles. The normalized spacial score (nSPS) is 22.4. The van der Waals surface area contributed by atoms with E-state index < -0.39 is 0 Å². The van der Waals surface area contributed by atoms with Crippen LogP contribution in [-0.4, -0.2) is 24.7 Å². The van der Waals surface area contributed by atoms with E-state index in [-0.39, 0.29) is 5.82 Å². The van der Waals surface area contributed by atoms with Crippen molar-refractivity contribution in [3.8, 4) is 0 Å². The number of halogens is 1. The van der Waals surface area contributed by atoms with Gasteiger partial charge in [0.15, 0.2) is 0 Å². The van der Waals surface area contributed by atoms with E-state index in [9.17, 15) is 4.39 Å². The van der Waals surface area contributed by atoms with Crippen LogP contribution in [0, 0.1) is 5.82 Å². The second kappa shape index (κ2) is 7.01. The van der Waals surface area contributed by atoms with Gasteiger partial charge in [0.05, 0.1) is 0 Å². The molecule has 3 heteroatoms. The highest BCUT2D eigenvalue weighted by atomic mass is 19.1. The van der Waals surface area contributed by atoms with Crippen LogP contribution in [0.1, 0.15) is 38.7 Å². The summed E-state index contributed by atoms with van der Waals surface area (Å²) in [5.41, 5.74) is 1.19. The zero-order valence-corrected chi connectivity index (χ0v) is 12.0. The average Bonchev–Trinajstić information content (AvgIpc) is 2.84. The van der Waals surface area contributed by atoms with E-state index in [0.29, 0.717) is 18.1 Å². The third-order valence-electron chi connectivity index (χ3n) is 3.82. The summed E-state index contributed by atoms with van der Waals surface area (Å²) in [4.78, 5) is 0. The molecule has 1 aromatic carbocycles. The van der Waals surface area contributed by atoms with E-state index in [1.807, 2.05) is 12.1 Å². The van der Waals surface area contributed by atoms with Crippen molar-refractivity contribution in [2.75, 3.05) is 6.54 Å². The number of rotatable bonds is 6. The molecule has 0 aromatic heterocycles. The molecule has 0 radical (unpaired) electrons. The average molecular weight is 264 g/mol. The van der Waals surface area contributed by atoms with Crippen molar-refractivity contribution in [1.82, 2.24) is 10.6 Å². The minimum Gasteiger partial charge on any atom is -0.314 e. The van der Waals surface area contributed by atoms with Gasteiger partial charge in [0, 0.05) is 18.1 Å². The van der Waals surface area contributed by atoms with Crippen LogP contribution in [0.3, 0.4) is 0 Å². The van der Waals surface area contributed by atoms with Crippen LogP contribution in [0.5, 0.6) is 0 Å². The molecule has 1 saturated heterocycles. The van der Waals surface area contributed by atoms with Gasteiger partial charge in [-0.2, -0.15) is 0 Å². The second-order valence-corrected chi connectivity index (χ2v) is 5.83. The first kappa shape index (κ1) is 14.5. The summed E-state index contributed by atoms with van der Waals surface area (Å²) >= 11 is 0. The molecular formula is C16H25FN2. The molecule has 1 fully saturated rings. The SMILES string of the molecule is CC(Cc1ccc(F)cc1)NC(C)CC1CCCN1. The molecule has 1 aliphatic rings. The Morgan fingerprint density at radius 2 is 2.00 bits per heavy atom. The summed E-state index contributed by atoms with van der Waals surface area (Å²) in [5, 5.41) is 7.17. The van der Waals surface area contributed by atoms with Crippen molar-refractivity contribution in [3.05, 3.63) is 35.6 Å². The number of nitrogens with one attached hydrogen (secondary N) is 2. The lowest BCUT2D eigenvalue weighted by Gasteiger charge is -2.22. The lowest BCUT2D eigenvalue weighted by molar-refractivity contribution is 0.401. The maximum Gasteiger partial charge on any atom is 0.123 e. The largest absolute Gasteiger partial charge is 0.314 e. The Morgan fingerprint density at radius 3 is 2.63 bits per heavy atom. The van der Waals surface area contributed by atoms with Gasteiger partial charge in [0.1, 0.15) is 5.82 Å². The lowest BCUT2D eigenvalue weighted by atomic mass is 10.0. The molecule has 0 amide bonds. The molecule has 1 heterocycles. The Morgan fingerprint density at radius 1 is 1.26 bits per heavy atom. The molecule has 19 heavy (non-hydrogen) atoms. The van der Waals surface area contributed by atoms with Crippen LogP contribution in [0.15, 0.2) is 24.3 Å². The molecule has 106 valence electrons. The van der Waals surface area contributed by atoms with Crippen molar-refractivity contribution in [1.29, 1.82) is 0 Å². The van der Waals surface area contributed by atoms with Crippen molar-refractivity contribution in [3.63, 3.8) is 0 Å². The number of hydrogen-bond donors (Lipinski definition) is 2. The Kier molecular flexibility index (Phi) is 5.34. The van der Waals surface area contributed by atoms with Gasteiger partial charge in [0.25, 0.3) is 0 Å². The zero-order valence-electron chi connectivity index (χ0n) is 12.0.